The number of nitrogens with zero attached hydrogens (tertiary/aromatic N) is 1. The fraction of sp³-hybridized carbons (Fsp3) is 0.391. The lowest BCUT2D eigenvalue weighted by Crippen LogP contribution is -2.52. The van der Waals surface area contributed by atoms with Crippen molar-refractivity contribution < 1.29 is 14.8 Å². The summed E-state index contributed by atoms with van der Waals surface area (Å²) in [4.78, 5) is 26.5. The summed E-state index contributed by atoms with van der Waals surface area (Å²) in [6.45, 7) is 7.89. The third-order valence-electron chi connectivity index (χ3n) is 4.91. The number of hydroxylamine groups is 1. The smallest absolute Gasteiger partial charge is 0.267 e. The fourth-order valence-electron chi connectivity index (χ4n) is 3.00. The summed E-state index contributed by atoms with van der Waals surface area (Å²) in [5.41, 5.74) is 5.48. The Morgan fingerprint density at radius 3 is 1.90 bits per heavy atom. The summed E-state index contributed by atoms with van der Waals surface area (Å²) in [7, 11) is 0. The highest BCUT2D eigenvalue weighted by Crippen LogP contribution is 2.20. The van der Waals surface area contributed by atoms with E-state index in [1.807, 2.05) is 30.9 Å². The van der Waals surface area contributed by atoms with Gasteiger partial charge in [0.1, 0.15) is 6.04 Å². The second kappa shape index (κ2) is 12.0. The molecule has 2 aromatic rings. The molecule has 0 aliphatic carbocycles. The fourth-order valence-corrected chi connectivity index (χ4v) is 3.00. The van der Waals surface area contributed by atoms with Crippen LogP contribution < -0.4 is 10.8 Å². The molecule has 0 radical (unpaired) electrons. The van der Waals surface area contributed by atoms with E-state index in [9.17, 15) is 9.59 Å². The molecule has 6 nitrogen and oxygen atoms in total. The van der Waals surface area contributed by atoms with Gasteiger partial charge in [-0.1, -0.05) is 64.6 Å². The van der Waals surface area contributed by atoms with E-state index in [0.717, 1.165) is 30.6 Å². The molecular formula is C23H33N3O3. The van der Waals surface area contributed by atoms with Crippen LogP contribution in [0.2, 0.25) is 0 Å². The highest BCUT2D eigenvalue weighted by Gasteiger charge is 2.23. The summed E-state index contributed by atoms with van der Waals surface area (Å²) in [6, 6.07) is 14.8. The van der Waals surface area contributed by atoms with Gasteiger partial charge in [0.05, 0.1) is 0 Å². The lowest BCUT2D eigenvalue weighted by Gasteiger charge is -2.24. The van der Waals surface area contributed by atoms with Crippen LogP contribution in [0.4, 0.5) is 0 Å². The molecule has 2 rings (SSSR count). The summed E-state index contributed by atoms with van der Waals surface area (Å²) >= 11 is 0. The Balaban J connectivity index is 0.00000420. The molecule has 158 valence electrons. The van der Waals surface area contributed by atoms with E-state index in [4.69, 9.17) is 5.21 Å². The minimum atomic E-state index is -0.835. The molecule has 1 atom stereocenters. The van der Waals surface area contributed by atoms with Gasteiger partial charge >= 0.3 is 0 Å². The molecule has 0 unspecified atom stereocenters. The molecule has 0 saturated carbocycles. The van der Waals surface area contributed by atoms with Crippen molar-refractivity contribution in [2.75, 3.05) is 19.6 Å². The van der Waals surface area contributed by atoms with Crippen molar-refractivity contribution in [1.29, 1.82) is 0 Å². The van der Waals surface area contributed by atoms with Gasteiger partial charge in [-0.2, -0.15) is 0 Å². The van der Waals surface area contributed by atoms with Crippen LogP contribution in [0.25, 0.3) is 11.1 Å². The maximum atomic E-state index is 12.6. The van der Waals surface area contributed by atoms with Crippen molar-refractivity contribution in [3.8, 4) is 11.1 Å². The Morgan fingerprint density at radius 2 is 1.45 bits per heavy atom. The van der Waals surface area contributed by atoms with E-state index in [1.54, 1.807) is 17.6 Å². The molecule has 0 heterocycles. The van der Waals surface area contributed by atoms with Gasteiger partial charge in [-0.05, 0) is 48.3 Å². The number of hydrogen-bond donors (Lipinski definition) is 3. The third-order valence-corrected chi connectivity index (χ3v) is 4.91. The van der Waals surface area contributed by atoms with Crippen molar-refractivity contribution in [1.82, 2.24) is 15.7 Å². The lowest BCUT2D eigenvalue weighted by molar-refractivity contribution is -0.131. The number of rotatable bonds is 9. The maximum Gasteiger partial charge on any atom is 0.267 e. The van der Waals surface area contributed by atoms with Gasteiger partial charge in [-0.3, -0.25) is 14.8 Å². The molecule has 2 aromatic carbocycles. The van der Waals surface area contributed by atoms with Gasteiger partial charge in [0.2, 0.25) is 0 Å². The lowest BCUT2D eigenvalue weighted by atomic mass is 10.0. The van der Waals surface area contributed by atoms with Gasteiger partial charge < -0.3 is 10.2 Å². The molecule has 0 saturated heterocycles. The van der Waals surface area contributed by atoms with Gasteiger partial charge in [-0.25, -0.2) is 5.48 Å². The molecule has 0 fully saturated rings. The quantitative estimate of drug-likeness (QED) is 0.445. The minimum absolute atomic E-state index is 0. The first kappa shape index (κ1) is 24.3. The first-order valence-corrected chi connectivity index (χ1v) is 9.68. The van der Waals surface area contributed by atoms with E-state index < -0.39 is 11.9 Å². The summed E-state index contributed by atoms with van der Waals surface area (Å²) in [5, 5.41) is 11.7. The zero-order valence-electron chi connectivity index (χ0n) is 16.7. The standard InChI is InChI=1S/C22H29N3O3.CH4/c1-4-16-7-9-17(10-8-16)18-11-13-19(14-12-18)21(26)23-20(22(27)24-28)15-25(5-2)6-3;/h7-14,20,28H,4-6,15H2,1-3H3,(H,23,26)(H,24,27);1H4/t20-;/m0./s1. The number of benzene rings is 2. The van der Waals surface area contributed by atoms with Crippen LogP contribution in [0.5, 0.6) is 0 Å². The van der Waals surface area contributed by atoms with E-state index in [2.05, 4.69) is 36.5 Å². The van der Waals surface area contributed by atoms with Crippen molar-refractivity contribution in [2.45, 2.75) is 40.7 Å². The number of amides is 2. The number of aryl methyl sites for hydroxylation is 1. The van der Waals surface area contributed by atoms with Crippen LogP contribution in [-0.4, -0.2) is 47.6 Å². The Bertz CT molecular complexity index is 769. The van der Waals surface area contributed by atoms with Crippen LogP contribution >= 0.6 is 0 Å². The molecule has 0 spiro atoms. The maximum absolute atomic E-state index is 12.6. The van der Waals surface area contributed by atoms with Crippen LogP contribution in [0.15, 0.2) is 48.5 Å². The first-order chi connectivity index (χ1) is 13.5. The Kier molecular flexibility index (Phi) is 10.1. The molecular weight excluding hydrogens is 366 g/mol. The zero-order valence-corrected chi connectivity index (χ0v) is 16.7. The predicted octanol–water partition coefficient (Wildman–Crippen LogP) is 3.50. The second-order valence-electron chi connectivity index (χ2n) is 6.62. The Hall–Kier alpha value is -2.70. The number of hydrogen-bond acceptors (Lipinski definition) is 4. The summed E-state index contributed by atoms with van der Waals surface area (Å²) < 4.78 is 0. The molecule has 0 aliphatic rings. The second-order valence-corrected chi connectivity index (χ2v) is 6.62. The number of nitrogens with one attached hydrogen (secondary N) is 2. The molecule has 29 heavy (non-hydrogen) atoms. The number of likely N-dealkylation sites (N-methyl/N-ethyl adjacent to an activating group) is 1. The Labute approximate surface area is 173 Å². The van der Waals surface area contributed by atoms with Gasteiger partial charge in [0.25, 0.3) is 11.8 Å². The van der Waals surface area contributed by atoms with Gasteiger partial charge in [0.15, 0.2) is 0 Å². The number of carbonyl (C=O) groups excluding carboxylic acids is 2. The van der Waals surface area contributed by atoms with Gasteiger partial charge in [0, 0.05) is 12.1 Å². The van der Waals surface area contributed by atoms with Crippen molar-refractivity contribution in [3.05, 3.63) is 59.7 Å². The monoisotopic (exact) mass is 399 g/mol. The van der Waals surface area contributed by atoms with Crippen molar-refractivity contribution >= 4 is 11.8 Å². The highest BCUT2D eigenvalue weighted by atomic mass is 16.5. The minimum Gasteiger partial charge on any atom is -0.339 e. The van der Waals surface area contributed by atoms with E-state index in [-0.39, 0.29) is 13.3 Å². The van der Waals surface area contributed by atoms with E-state index >= 15 is 0 Å². The van der Waals surface area contributed by atoms with Crippen LogP contribution in [0.1, 0.15) is 44.1 Å². The largest absolute Gasteiger partial charge is 0.339 e. The third kappa shape index (κ3) is 6.69. The van der Waals surface area contributed by atoms with E-state index in [1.165, 1.54) is 5.56 Å². The molecule has 3 N–H and O–H groups in total. The highest BCUT2D eigenvalue weighted by molar-refractivity contribution is 5.97. The molecule has 2 amide bonds. The topological polar surface area (TPSA) is 81.7 Å². The average molecular weight is 400 g/mol. The van der Waals surface area contributed by atoms with E-state index in [0.29, 0.717) is 12.1 Å². The SMILES string of the molecule is C.CCc1ccc(-c2ccc(C(=O)N[C@@H](CN(CC)CC)C(=O)NO)cc2)cc1. The summed E-state index contributed by atoms with van der Waals surface area (Å²) in [6.07, 6.45) is 0.996. The van der Waals surface area contributed by atoms with Crippen LogP contribution in [0, 0.1) is 0 Å². The first-order valence-electron chi connectivity index (χ1n) is 9.68. The summed E-state index contributed by atoms with van der Waals surface area (Å²) in [5.74, 6) is -0.985. The van der Waals surface area contributed by atoms with Crippen LogP contribution in [-0.2, 0) is 11.2 Å². The molecule has 0 bridgehead atoms. The number of carbonyl (C=O) groups is 2. The average Bonchev–Trinajstić information content (AvgIpc) is 2.76. The molecule has 6 heteroatoms. The Morgan fingerprint density at radius 1 is 0.931 bits per heavy atom. The van der Waals surface area contributed by atoms with Gasteiger partial charge in [-0.15, -0.1) is 0 Å². The molecule has 0 aliphatic heterocycles. The van der Waals surface area contributed by atoms with Crippen molar-refractivity contribution in [2.24, 2.45) is 0 Å². The zero-order chi connectivity index (χ0) is 20.5. The predicted molar refractivity (Wildman–Crippen MR) is 117 cm³/mol. The van der Waals surface area contributed by atoms with Crippen LogP contribution in [0.3, 0.4) is 0 Å². The van der Waals surface area contributed by atoms with Crippen molar-refractivity contribution in [3.63, 3.8) is 0 Å². The normalized spacial score (nSPS) is 11.5. The molecule has 0 aromatic heterocycles.